The summed E-state index contributed by atoms with van der Waals surface area (Å²) < 4.78 is 11.2. The third kappa shape index (κ3) is 3.44. The summed E-state index contributed by atoms with van der Waals surface area (Å²) in [5.74, 6) is 1.69. The van der Waals surface area contributed by atoms with E-state index in [4.69, 9.17) is 9.47 Å². The van der Waals surface area contributed by atoms with Crippen LogP contribution in [0.15, 0.2) is 18.2 Å². The maximum absolute atomic E-state index is 12.6. The second-order valence-electron chi connectivity index (χ2n) is 6.38. The molecule has 23 heavy (non-hydrogen) atoms. The van der Waals surface area contributed by atoms with E-state index in [0.29, 0.717) is 24.7 Å². The molecular formula is C18H26N2O3. The van der Waals surface area contributed by atoms with Gasteiger partial charge in [-0.3, -0.25) is 4.79 Å². The van der Waals surface area contributed by atoms with Gasteiger partial charge in [0.25, 0.3) is 0 Å². The Morgan fingerprint density at radius 1 is 1.26 bits per heavy atom. The predicted octanol–water partition coefficient (Wildman–Crippen LogP) is 2.81. The molecule has 2 N–H and O–H groups in total. The molecule has 1 atom stereocenters. The highest BCUT2D eigenvalue weighted by Crippen LogP contribution is 2.58. The number of nitrogens with one attached hydrogen (secondary N) is 2. The largest absolute Gasteiger partial charge is 0.494 e. The zero-order valence-corrected chi connectivity index (χ0v) is 14.0. The number of hydrogen-bond acceptors (Lipinski definition) is 4. The normalized spacial score (nSPS) is 21.7. The van der Waals surface area contributed by atoms with Crippen molar-refractivity contribution in [2.45, 2.75) is 33.1 Å². The minimum Gasteiger partial charge on any atom is -0.494 e. The van der Waals surface area contributed by atoms with Gasteiger partial charge >= 0.3 is 0 Å². The Kier molecular flexibility index (Phi) is 4.76. The molecule has 1 aromatic carbocycles. The third-order valence-electron chi connectivity index (χ3n) is 4.93. The number of carbonyl (C=O) groups is 1. The average molecular weight is 318 g/mol. The molecule has 0 radical (unpaired) electrons. The van der Waals surface area contributed by atoms with Crippen LogP contribution < -0.4 is 20.1 Å². The van der Waals surface area contributed by atoms with Crippen LogP contribution in [-0.2, 0) is 4.79 Å². The standard InChI is InChI=1S/C18H26N2O3/c1-3-22-13-5-6-16(23-4-2)15(11-13)20-17(21)14-12-18(14)7-9-19-10-8-18/h5-6,11,14,19H,3-4,7-10,12H2,1-2H3,(H,20,21). The SMILES string of the molecule is CCOc1ccc(OCC)c(NC(=O)C2CC23CCNCC3)c1. The Balaban J connectivity index is 1.70. The number of ether oxygens (including phenoxy) is 2. The molecule has 3 rings (SSSR count). The molecule has 2 fully saturated rings. The van der Waals surface area contributed by atoms with E-state index in [0.717, 1.165) is 38.1 Å². The molecule has 1 heterocycles. The summed E-state index contributed by atoms with van der Waals surface area (Å²) in [4.78, 5) is 12.6. The van der Waals surface area contributed by atoms with Gasteiger partial charge < -0.3 is 20.1 Å². The quantitative estimate of drug-likeness (QED) is 0.847. The molecule has 1 spiro atoms. The van der Waals surface area contributed by atoms with Crippen LogP contribution in [0.2, 0.25) is 0 Å². The summed E-state index contributed by atoms with van der Waals surface area (Å²) in [6, 6.07) is 5.58. The van der Waals surface area contributed by atoms with Crippen molar-refractivity contribution in [2.24, 2.45) is 11.3 Å². The van der Waals surface area contributed by atoms with Gasteiger partial charge in [-0.1, -0.05) is 0 Å². The van der Waals surface area contributed by atoms with Gasteiger partial charge in [0.2, 0.25) is 5.91 Å². The first kappa shape index (κ1) is 16.1. The number of amides is 1. The molecule has 1 aliphatic carbocycles. The number of anilines is 1. The number of piperidine rings is 1. The molecule has 0 bridgehead atoms. The van der Waals surface area contributed by atoms with E-state index in [1.165, 1.54) is 0 Å². The topological polar surface area (TPSA) is 59.6 Å². The summed E-state index contributed by atoms with van der Waals surface area (Å²) in [6.45, 7) is 7.09. The molecule has 1 aliphatic heterocycles. The smallest absolute Gasteiger partial charge is 0.228 e. The molecule has 0 aromatic heterocycles. The highest BCUT2D eigenvalue weighted by molar-refractivity contribution is 5.96. The van der Waals surface area contributed by atoms with Crippen LogP contribution in [0.3, 0.4) is 0 Å². The molecular weight excluding hydrogens is 292 g/mol. The van der Waals surface area contributed by atoms with E-state index >= 15 is 0 Å². The Labute approximate surface area is 137 Å². The predicted molar refractivity (Wildman–Crippen MR) is 90.1 cm³/mol. The number of carbonyl (C=O) groups excluding carboxylic acids is 1. The van der Waals surface area contributed by atoms with E-state index in [1.807, 2.05) is 32.0 Å². The number of rotatable bonds is 6. The van der Waals surface area contributed by atoms with Crippen molar-refractivity contribution in [1.82, 2.24) is 5.32 Å². The minimum atomic E-state index is 0.113. The molecule has 1 saturated carbocycles. The van der Waals surface area contributed by atoms with Crippen LogP contribution >= 0.6 is 0 Å². The van der Waals surface area contributed by atoms with Gasteiger partial charge in [-0.25, -0.2) is 0 Å². The monoisotopic (exact) mass is 318 g/mol. The average Bonchev–Trinajstić information content (AvgIpc) is 3.24. The summed E-state index contributed by atoms with van der Waals surface area (Å²) >= 11 is 0. The molecule has 126 valence electrons. The van der Waals surface area contributed by atoms with Crippen molar-refractivity contribution in [1.29, 1.82) is 0 Å². The van der Waals surface area contributed by atoms with Gasteiger partial charge in [0, 0.05) is 12.0 Å². The van der Waals surface area contributed by atoms with Gasteiger partial charge in [-0.2, -0.15) is 0 Å². The maximum atomic E-state index is 12.6. The van der Waals surface area contributed by atoms with E-state index in [2.05, 4.69) is 10.6 Å². The third-order valence-corrected chi connectivity index (χ3v) is 4.93. The number of hydrogen-bond donors (Lipinski definition) is 2. The lowest BCUT2D eigenvalue weighted by Gasteiger charge is -2.23. The van der Waals surface area contributed by atoms with E-state index in [-0.39, 0.29) is 17.2 Å². The van der Waals surface area contributed by atoms with E-state index in [1.54, 1.807) is 0 Å². The molecule has 1 unspecified atom stereocenters. The summed E-state index contributed by atoms with van der Waals surface area (Å²) in [5.41, 5.74) is 0.942. The lowest BCUT2D eigenvalue weighted by atomic mass is 9.92. The zero-order chi connectivity index (χ0) is 16.3. The second kappa shape index (κ2) is 6.79. The Bertz CT molecular complexity index is 567. The summed E-state index contributed by atoms with van der Waals surface area (Å²) in [7, 11) is 0. The van der Waals surface area contributed by atoms with Crippen molar-refractivity contribution in [2.75, 3.05) is 31.6 Å². The molecule has 2 aliphatic rings. The van der Waals surface area contributed by atoms with Crippen LogP contribution in [0.1, 0.15) is 33.1 Å². The van der Waals surface area contributed by atoms with Crippen molar-refractivity contribution in [3.63, 3.8) is 0 Å². The molecule has 5 nitrogen and oxygen atoms in total. The maximum Gasteiger partial charge on any atom is 0.228 e. The van der Waals surface area contributed by atoms with Crippen LogP contribution in [0, 0.1) is 11.3 Å². The first-order valence-electron chi connectivity index (χ1n) is 8.60. The molecule has 1 amide bonds. The second-order valence-corrected chi connectivity index (χ2v) is 6.38. The first-order chi connectivity index (χ1) is 11.2. The van der Waals surface area contributed by atoms with E-state index < -0.39 is 0 Å². The molecule has 1 aromatic rings. The van der Waals surface area contributed by atoms with Crippen LogP contribution in [0.5, 0.6) is 11.5 Å². The van der Waals surface area contributed by atoms with Crippen LogP contribution in [0.4, 0.5) is 5.69 Å². The molecule has 5 heteroatoms. The summed E-state index contributed by atoms with van der Waals surface area (Å²) in [6.07, 6.45) is 3.21. The van der Waals surface area contributed by atoms with Crippen molar-refractivity contribution >= 4 is 11.6 Å². The van der Waals surface area contributed by atoms with Gasteiger partial charge in [0.1, 0.15) is 11.5 Å². The fourth-order valence-electron chi connectivity index (χ4n) is 3.56. The van der Waals surface area contributed by atoms with Gasteiger partial charge in [0.15, 0.2) is 0 Å². The minimum absolute atomic E-state index is 0.113. The highest BCUT2D eigenvalue weighted by atomic mass is 16.5. The van der Waals surface area contributed by atoms with Gasteiger partial charge in [-0.05, 0) is 63.7 Å². The Morgan fingerprint density at radius 2 is 2.00 bits per heavy atom. The fraction of sp³-hybridized carbons (Fsp3) is 0.611. The summed E-state index contributed by atoms with van der Waals surface area (Å²) in [5, 5.41) is 6.43. The zero-order valence-electron chi connectivity index (χ0n) is 14.0. The lowest BCUT2D eigenvalue weighted by molar-refractivity contribution is -0.118. The Morgan fingerprint density at radius 3 is 2.70 bits per heavy atom. The van der Waals surface area contributed by atoms with Crippen molar-refractivity contribution in [3.8, 4) is 11.5 Å². The van der Waals surface area contributed by atoms with Crippen LogP contribution in [0.25, 0.3) is 0 Å². The molecule has 1 saturated heterocycles. The van der Waals surface area contributed by atoms with Gasteiger partial charge in [0.05, 0.1) is 18.9 Å². The lowest BCUT2D eigenvalue weighted by Crippen LogP contribution is -2.31. The van der Waals surface area contributed by atoms with Crippen molar-refractivity contribution < 1.29 is 14.3 Å². The van der Waals surface area contributed by atoms with E-state index in [9.17, 15) is 4.79 Å². The Hall–Kier alpha value is -1.75. The van der Waals surface area contributed by atoms with Gasteiger partial charge in [-0.15, -0.1) is 0 Å². The first-order valence-corrected chi connectivity index (χ1v) is 8.60. The van der Waals surface area contributed by atoms with Crippen molar-refractivity contribution in [3.05, 3.63) is 18.2 Å². The number of benzene rings is 1. The highest BCUT2D eigenvalue weighted by Gasteiger charge is 2.57. The fourth-order valence-corrected chi connectivity index (χ4v) is 3.56. The van der Waals surface area contributed by atoms with Crippen LogP contribution in [-0.4, -0.2) is 32.2 Å².